The summed E-state index contributed by atoms with van der Waals surface area (Å²) in [4.78, 5) is 9.38. The SMILES string of the molecule is C=C/C=C\C(=C/C(C)C)C/C(=C1/C=CC(OC)=CN1NC)c1ccnc(Nc2cccc(OCC)c2)n1. The number of hydrogen-bond donors (Lipinski definition) is 2. The van der Waals surface area contributed by atoms with Crippen LogP contribution in [0.5, 0.6) is 5.75 Å². The summed E-state index contributed by atoms with van der Waals surface area (Å²) in [6, 6.07) is 9.71. The fourth-order valence-corrected chi connectivity index (χ4v) is 3.89. The Morgan fingerprint density at radius 3 is 2.76 bits per heavy atom. The van der Waals surface area contributed by atoms with E-state index in [9.17, 15) is 0 Å². The molecule has 0 saturated carbocycles. The Kier molecular flexibility index (Phi) is 10.3. The lowest BCUT2D eigenvalue weighted by molar-refractivity contribution is 0.278. The van der Waals surface area contributed by atoms with Gasteiger partial charge in [-0.25, -0.2) is 15.4 Å². The predicted molar refractivity (Wildman–Crippen MR) is 152 cm³/mol. The van der Waals surface area contributed by atoms with Crippen molar-refractivity contribution in [2.75, 3.05) is 26.1 Å². The lowest BCUT2D eigenvalue weighted by Gasteiger charge is -2.27. The van der Waals surface area contributed by atoms with Crippen molar-refractivity contribution >= 4 is 17.2 Å². The first-order chi connectivity index (χ1) is 18.0. The summed E-state index contributed by atoms with van der Waals surface area (Å²) < 4.78 is 11.1. The zero-order chi connectivity index (χ0) is 26.6. The van der Waals surface area contributed by atoms with Crippen LogP contribution in [0.4, 0.5) is 11.6 Å². The van der Waals surface area contributed by atoms with Crippen LogP contribution in [0.25, 0.3) is 5.57 Å². The molecule has 0 bridgehead atoms. The molecule has 0 fully saturated rings. The van der Waals surface area contributed by atoms with E-state index >= 15 is 0 Å². The summed E-state index contributed by atoms with van der Waals surface area (Å²) in [6.45, 7) is 10.8. The van der Waals surface area contributed by atoms with Crippen molar-refractivity contribution in [1.82, 2.24) is 20.4 Å². The van der Waals surface area contributed by atoms with Crippen molar-refractivity contribution in [2.45, 2.75) is 27.2 Å². The summed E-state index contributed by atoms with van der Waals surface area (Å²) >= 11 is 0. The molecule has 1 aromatic heterocycles. The lowest BCUT2D eigenvalue weighted by Crippen LogP contribution is -2.31. The number of nitrogens with zero attached hydrogens (tertiary/aromatic N) is 3. The summed E-state index contributed by atoms with van der Waals surface area (Å²) in [5.41, 5.74) is 8.08. The van der Waals surface area contributed by atoms with Gasteiger partial charge in [-0.05, 0) is 48.8 Å². The van der Waals surface area contributed by atoms with Gasteiger partial charge in [-0.2, -0.15) is 0 Å². The lowest BCUT2D eigenvalue weighted by atomic mass is 9.96. The second-order valence-electron chi connectivity index (χ2n) is 8.63. The van der Waals surface area contributed by atoms with Crippen LogP contribution in [0.1, 0.15) is 32.9 Å². The van der Waals surface area contributed by atoms with Gasteiger partial charge in [0.05, 0.1) is 31.3 Å². The summed E-state index contributed by atoms with van der Waals surface area (Å²) in [7, 11) is 3.54. The molecule has 1 aromatic carbocycles. The highest BCUT2D eigenvalue weighted by molar-refractivity contribution is 5.72. The minimum absolute atomic E-state index is 0.387. The van der Waals surface area contributed by atoms with Crippen molar-refractivity contribution in [3.05, 3.63) is 108 Å². The number of allylic oxidation sites excluding steroid dienone is 8. The smallest absolute Gasteiger partial charge is 0.227 e. The normalized spacial score (nSPS) is 15.1. The summed E-state index contributed by atoms with van der Waals surface area (Å²) in [6.07, 6.45) is 16.4. The van der Waals surface area contributed by atoms with Gasteiger partial charge in [-0.1, -0.05) is 50.8 Å². The van der Waals surface area contributed by atoms with Gasteiger partial charge in [0.25, 0.3) is 0 Å². The molecule has 0 amide bonds. The third kappa shape index (κ3) is 7.95. The van der Waals surface area contributed by atoms with Gasteiger partial charge < -0.3 is 14.8 Å². The molecule has 2 N–H and O–H groups in total. The predicted octanol–water partition coefficient (Wildman–Crippen LogP) is 6.54. The van der Waals surface area contributed by atoms with Gasteiger partial charge in [0.2, 0.25) is 5.95 Å². The van der Waals surface area contributed by atoms with Crippen molar-refractivity contribution in [3.63, 3.8) is 0 Å². The molecular formula is C30H37N5O2. The molecule has 2 aromatic rings. The van der Waals surface area contributed by atoms with E-state index in [1.54, 1.807) is 19.4 Å². The van der Waals surface area contributed by atoms with Crippen LogP contribution in [-0.4, -0.2) is 35.7 Å². The fraction of sp³-hybridized carbons (Fsp3) is 0.267. The van der Waals surface area contributed by atoms with Crippen LogP contribution in [0.2, 0.25) is 0 Å². The molecule has 0 aliphatic carbocycles. The Morgan fingerprint density at radius 2 is 2.05 bits per heavy atom. The maximum atomic E-state index is 5.63. The van der Waals surface area contributed by atoms with E-state index in [0.717, 1.165) is 34.2 Å². The highest BCUT2D eigenvalue weighted by Gasteiger charge is 2.19. The molecule has 1 aliphatic rings. The number of ether oxygens (including phenoxy) is 2. The Labute approximate surface area is 220 Å². The van der Waals surface area contributed by atoms with E-state index in [4.69, 9.17) is 14.5 Å². The first-order valence-electron chi connectivity index (χ1n) is 12.4. The highest BCUT2D eigenvalue weighted by Crippen LogP contribution is 2.31. The van der Waals surface area contributed by atoms with Gasteiger partial charge in [0, 0.05) is 37.0 Å². The molecule has 3 rings (SSSR count). The highest BCUT2D eigenvalue weighted by atomic mass is 16.5. The molecule has 7 heteroatoms. The number of nitrogens with one attached hydrogen (secondary N) is 2. The van der Waals surface area contributed by atoms with Crippen LogP contribution in [0.15, 0.2) is 103 Å². The number of benzene rings is 1. The summed E-state index contributed by atoms with van der Waals surface area (Å²) in [5.74, 6) is 2.44. The second-order valence-corrected chi connectivity index (χ2v) is 8.63. The molecule has 0 unspecified atom stereocenters. The molecule has 2 heterocycles. The van der Waals surface area contributed by atoms with Gasteiger partial charge in [0.15, 0.2) is 0 Å². The summed E-state index contributed by atoms with van der Waals surface area (Å²) in [5, 5.41) is 5.26. The standard InChI is InChI=1S/C30H37N5O2/c1-7-9-11-23(18-22(3)4)19-27(29-15-14-26(36-6)21-35(29)31-5)28-16-17-32-30(34-28)33-24-12-10-13-25(20-24)37-8-2/h7,9-18,20-22,31H,1,8,19H2,2-6H3,(H,32,33,34)/b11-9-,23-18+,29-27+. The molecule has 7 nitrogen and oxygen atoms in total. The maximum Gasteiger partial charge on any atom is 0.227 e. The van der Waals surface area contributed by atoms with E-state index in [0.29, 0.717) is 24.9 Å². The van der Waals surface area contributed by atoms with Crippen molar-refractivity contribution in [2.24, 2.45) is 5.92 Å². The van der Waals surface area contributed by atoms with Gasteiger partial charge in [0.1, 0.15) is 11.5 Å². The molecule has 0 saturated heterocycles. The number of methoxy groups -OCH3 is 1. The number of hydrazine groups is 1. The van der Waals surface area contributed by atoms with E-state index < -0.39 is 0 Å². The largest absolute Gasteiger partial charge is 0.495 e. The number of aromatic nitrogens is 2. The van der Waals surface area contributed by atoms with Crippen LogP contribution in [0, 0.1) is 5.92 Å². The quantitative estimate of drug-likeness (QED) is 0.321. The van der Waals surface area contributed by atoms with E-state index in [2.05, 4.69) is 48.3 Å². The van der Waals surface area contributed by atoms with E-state index in [1.165, 1.54) is 5.57 Å². The Balaban J connectivity index is 2.07. The Hall–Kier alpha value is -4.10. The molecule has 0 radical (unpaired) electrons. The second kappa shape index (κ2) is 13.8. The van der Waals surface area contributed by atoms with Crippen molar-refractivity contribution in [1.29, 1.82) is 0 Å². The topological polar surface area (TPSA) is 71.5 Å². The van der Waals surface area contributed by atoms with Crippen LogP contribution >= 0.6 is 0 Å². The van der Waals surface area contributed by atoms with Crippen LogP contribution in [-0.2, 0) is 4.74 Å². The van der Waals surface area contributed by atoms with E-state index in [1.807, 2.05) is 73.7 Å². The first kappa shape index (κ1) is 27.5. The van der Waals surface area contributed by atoms with Crippen molar-refractivity contribution < 1.29 is 9.47 Å². The molecule has 0 atom stereocenters. The van der Waals surface area contributed by atoms with Crippen LogP contribution in [0.3, 0.4) is 0 Å². The number of anilines is 2. The zero-order valence-corrected chi connectivity index (χ0v) is 22.4. The molecule has 0 spiro atoms. The monoisotopic (exact) mass is 499 g/mol. The van der Waals surface area contributed by atoms with Gasteiger partial charge in [-0.3, -0.25) is 5.01 Å². The number of hydrogen-bond acceptors (Lipinski definition) is 7. The minimum Gasteiger partial charge on any atom is -0.495 e. The third-order valence-corrected chi connectivity index (χ3v) is 5.45. The average molecular weight is 500 g/mol. The number of rotatable bonds is 12. The molecule has 1 aliphatic heterocycles. The molecule has 194 valence electrons. The zero-order valence-electron chi connectivity index (χ0n) is 22.4. The Bertz CT molecular complexity index is 1220. The third-order valence-electron chi connectivity index (χ3n) is 5.45. The van der Waals surface area contributed by atoms with Crippen LogP contribution < -0.4 is 15.5 Å². The molecule has 37 heavy (non-hydrogen) atoms. The Morgan fingerprint density at radius 1 is 1.22 bits per heavy atom. The fourth-order valence-electron chi connectivity index (χ4n) is 3.89. The first-order valence-corrected chi connectivity index (χ1v) is 12.4. The molecular weight excluding hydrogens is 462 g/mol. The van der Waals surface area contributed by atoms with Gasteiger partial charge in [-0.15, -0.1) is 0 Å². The van der Waals surface area contributed by atoms with Gasteiger partial charge >= 0.3 is 0 Å². The maximum absolute atomic E-state index is 5.63. The van der Waals surface area contributed by atoms with E-state index in [-0.39, 0.29) is 0 Å². The minimum atomic E-state index is 0.387. The average Bonchev–Trinajstić information content (AvgIpc) is 2.90. The van der Waals surface area contributed by atoms with Crippen molar-refractivity contribution in [3.8, 4) is 5.75 Å².